The lowest BCUT2D eigenvalue weighted by molar-refractivity contribution is 0.228. The second-order valence-corrected chi connectivity index (χ2v) is 6.83. The summed E-state index contributed by atoms with van der Waals surface area (Å²) in [7, 11) is 2.10. The number of rotatable bonds is 4. The van der Waals surface area contributed by atoms with Gasteiger partial charge in [-0.05, 0) is 45.6 Å². The number of carbonyl (C=O) groups is 1. The van der Waals surface area contributed by atoms with Gasteiger partial charge in [0.1, 0.15) is 17.8 Å². The second-order valence-electron chi connectivity index (χ2n) is 6.83. The standard InChI is InChI=1S/C17H26N6O/c1-11(2)21-17(24)22-12-4-6-13(7-5-12)23(3)16-14-8-9-18-15(14)19-10-20-16/h8-13H,4-7H2,1-3H3,(H,18,19,20)(H2,21,22,24)/t12-,13-. The van der Waals surface area contributed by atoms with Crippen molar-refractivity contribution in [2.24, 2.45) is 0 Å². The summed E-state index contributed by atoms with van der Waals surface area (Å²) < 4.78 is 0. The summed E-state index contributed by atoms with van der Waals surface area (Å²) in [5.41, 5.74) is 0.868. The highest BCUT2D eigenvalue weighted by molar-refractivity contribution is 5.87. The van der Waals surface area contributed by atoms with Crippen LogP contribution in [0.4, 0.5) is 10.6 Å². The smallest absolute Gasteiger partial charge is 0.315 e. The first kappa shape index (κ1) is 16.5. The lowest BCUT2D eigenvalue weighted by Crippen LogP contribution is -2.47. The predicted octanol–water partition coefficient (Wildman–Crippen LogP) is 2.41. The van der Waals surface area contributed by atoms with Crippen LogP contribution >= 0.6 is 0 Å². The van der Waals surface area contributed by atoms with Gasteiger partial charge in [-0.15, -0.1) is 0 Å². The molecule has 2 aromatic rings. The third-order valence-electron chi connectivity index (χ3n) is 4.67. The summed E-state index contributed by atoms with van der Waals surface area (Å²) in [4.78, 5) is 25.9. The lowest BCUT2D eigenvalue weighted by Gasteiger charge is -2.35. The minimum absolute atomic E-state index is 0.0633. The molecule has 0 spiro atoms. The second kappa shape index (κ2) is 7.07. The van der Waals surface area contributed by atoms with E-state index in [9.17, 15) is 4.79 Å². The molecule has 3 rings (SSSR count). The summed E-state index contributed by atoms with van der Waals surface area (Å²) >= 11 is 0. The third kappa shape index (κ3) is 3.60. The van der Waals surface area contributed by atoms with Gasteiger partial charge in [0.2, 0.25) is 0 Å². The van der Waals surface area contributed by atoms with Gasteiger partial charge in [0.05, 0.1) is 5.39 Å². The number of hydrogen-bond acceptors (Lipinski definition) is 4. The van der Waals surface area contributed by atoms with Crippen LogP contribution in [0, 0.1) is 0 Å². The number of amides is 2. The van der Waals surface area contributed by atoms with Crippen molar-refractivity contribution in [2.45, 2.75) is 57.7 Å². The van der Waals surface area contributed by atoms with E-state index >= 15 is 0 Å². The number of nitrogens with zero attached hydrogens (tertiary/aromatic N) is 3. The molecule has 0 aliphatic heterocycles. The molecule has 0 unspecified atom stereocenters. The highest BCUT2D eigenvalue weighted by atomic mass is 16.2. The first-order chi connectivity index (χ1) is 11.5. The molecule has 0 aromatic carbocycles. The fourth-order valence-corrected chi connectivity index (χ4v) is 3.41. The van der Waals surface area contributed by atoms with E-state index in [1.807, 2.05) is 26.1 Å². The maximum absolute atomic E-state index is 11.8. The monoisotopic (exact) mass is 330 g/mol. The molecule has 1 fully saturated rings. The molecule has 1 aliphatic rings. The van der Waals surface area contributed by atoms with Crippen LogP contribution in [0.1, 0.15) is 39.5 Å². The van der Waals surface area contributed by atoms with Crippen LogP contribution in [0.25, 0.3) is 11.0 Å². The highest BCUT2D eigenvalue weighted by Crippen LogP contribution is 2.28. The number of urea groups is 1. The van der Waals surface area contributed by atoms with Crippen LogP contribution in [0.3, 0.4) is 0 Å². The molecular formula is C17H26N6O. The van der Waals surface area contributed by atoms with Crippen molar-refractivity contribution in [1.29, 1.82) is 0 Å². The lowest BCUT2D eigenvalue weighted by atomic mass is 9.90. The molecule has 3 N–H and O–H groups in total. The number of aromatic nitrogens is 3. The van der Waals surface area contributed by atoms with Crippen LogP contribution in [0.15, 0.2) is 18.6 Å². The molecule has 0 bridgehead atoms. The highest BCUT2D eigenvalue weighted by Gasteiger charge is 2.26. The predicted molar refractivity (Wildman–Crippen MR) is 95.1 cm³/mol. The number of aromatic amines is 1. The summed E-state index contributed by atoms with van der Waals surface area (Å²) in [5, 5.41) is 7.01. The van der Waals surface area contributed by atoms with Gasteiger partial charge in [0.15, 0.2) is 0 Å². The Kier molecular flexibility index (Phi) is 4.87. The molecule has 0 radical (unpaired) electrons. The van der Waals surface area contributed by atoms with Crippen molar-refractivity contribution in [2.75, 3.05) is 11.9 Å². The molecule has 1 saturated carbocycles. The van der Waals surface area contributed by atoms with Crippen molar-refractivity contribution >= 4 is 22.9 Å². The number of hydrogen-bond donors (Lipinski definition) is 3. The molecule has 130 valence electrons. The van der Waals surface area contributed by atoms with Gasteiger partial charge >= 0.3 is 6.03 Å². The molecule has 2 amide bonds. The summed E-state index contributed by atoms with van der Waals surface area (Å²) in [6.07, 6.45) is 7.56. The summed E-state index contributed by atoms with van der Waals surface area (Å²) in [6, 6.07) is 2.81. The third-order valence-corrected chi connectivity index (χ3v) is 4.67. The van der Waals surface area contributed by atoms with E-state index in [2.05, 4.69) is 37.5 Å². The number of H-pyrrole nitrogens is 1. The van der Waals surface area contributed by atoms with Gasteiger partial charge in [-0.3, -0.25) is 0 Å². The Hall–Kier alpha value is -2.31. The maximum Gasteiger partial charge on any atom is 0.315 e. The van der Waals surface area contributed by atoms with Gasteiger partial charge in [-0.25, -0.2) is 14.8 Å². The quantitative estimate of drug-likeness (QED) is 0.803. The van der Waals surface area contributed by atoms with Gasteiger partial charge < -0.3 is 20.5 Å². The normalized spacial score (nSPS) is 21.0. The molecule has 0 atom stereocenters. The van der Waals surface area contributed by atoms with E-state index in [1.54, 1.807) is 6.33 Å². The Bertz CT molecular complexity index is 689. The van der Waals surface area contributed by atoms with Crippen LogP contribution in [-0.4, -0.2) is 46.2 Å². The Labute approximate surface area is 142 Å². The number of anilines is 1. The molecule has 24 heavy (non-hydrogen) atoms. The van der Waals surface area contributed by atoms with Crippen molar-refractivity contribution in [3.8, 4) is 0 Å². The SMILES string of the molecule is CC(C)NC(=O)N[C@H]1CC[C@H](N(C)c2ncnc3[nH]ccc23)CC1. The van der Waals surface area contributed by atoms with Gasteiger partial charge in [-0.2, -0.15) is 0 Å². The zero-order valence-corrected chi connectivity index (χ0v) is 14.5. The van der Waals surface area contributed by atoms with Crippen molar-refractivity contribution in [3.05, 3.63) is 18.6 Å². The van der Waals surface area contributed by atoms with Crippen molar-refractivity contribution in [3.63, 3.8) is 0 Å². The molecular weight excluding hydrogens is 304 g/mol. The minimum atomic E-state index is -0.0633. The van der Waals surface area contributed by atoms with Crippen LogP contribution in [-0.2, 0) is 0 Å². The van der Waals surface area contributed by atoms with Gasteiger partial charge in [0.25, 0.3) is 0 Å². The summed E-state index contributed by atoms with van der Waals surface area (Å²) in [5.74, 6) is 0.968. The molecule has 1 aliphatic carbocycles. The van der Waals surface area contributed by atoms with Gasteiger partial charge in [0, 0.05) is 31.4 Å². The van der Waals surface area contributed by atoms with Crippen LogP contribution < -0.4 is 15.5 Å². The van der Waals surface area contributed by atoms with E-state index in [-0.39, 0.29) is 18.1 Å². The Balaban J connectivity index is 1.58. The van der Waals surface area contributed by atoms with Crippen LogP contribution in [0.2, 0.25) is 0 Å². The van der Waals surface area contributed by atoms with Gasteiger partial charge in [-0.1, -0.05) is 0 Å². The number of nitrogens with one attached hydrogen (secondary N) is 3. The topological polar surface area (TPSA) is 85.9 Å². The molecule has 2 heterocycles. The van der Waals surface area contributed by atoms with E-state index in [1.165, 1.54) is 0 Å². The molecule has 7 heteroatoms. The number of carbonyl (C=O) groups excluding carboxylic acids is 1. The first-order valence-electron chi connectivity index (χ1n) is 8.62. The Morgan fingerprint density at radius 2 is 2.04 bits per heavy atom. The maximum atomic E-state index is 11.8. The van der Waals surface area contributed by atoms with E-state index in [0.717, 1.165) is 42.5 Å². The van der Waals surface area contributed by atoms with E-state index in [4.69, 9.17) is 0 Å². The molecule has 7 nitrogen and oxygen atoms in total. The Morgan fingerprint density at radius 1 is 1.29 bits per heavy atom. The molecule has 2 aromatic heterocycles. The average Bonchev–Trinajstić information content (AvgIpc) is 3.02. The number of fused-ring (bicyclic) bond motifs is 1. The van der Waals surface area contributed by atoms with Crippen molar-refractivity contribution < 1.29 is 4.79 Å². The van der Waals surface area contributed by atoms with E-state index in [0.29, 0.717) is 6.04 Å². The van der Waals surface area contributed by atoms with Crippen molar-refractivity contribution in [1.82, 2.24) is 25.6 Å². The minimum Gasteiger partial charge on any atom is -0.356 e. The molecule has 0 saturated heterocycles. The zero-order valence-electron chi connectivity index (χ0n) is 14.5. The Morgan fingerprint density at radius 3 is 2.75 bits per heavy atom. The first-order valence-corrected chi connectivity index (χ1v) is 8.62. The largest absolute Gasteiger partial charge is 0.356 e. The average molecular weight is 330 g/mol. The van der Waals surface area contributed by atoms with E-state index < -0.39 is 0 Å². The summed E-state index contributed by atoms with van der Waals surface area (Å²) in [6.45, 7) is 3.93. The van der Waals surface area contributed by atoms with Crippen LogP contribution in [0.5, 0.6) is 0 Å². The fourth-order valence-electron chi connectivity index (χ4n) is 3.41. The fraction of sp³-hybridized carbons (Fsp3) is 0.588. The zero-order chi connectivity index (χ0) is 17.1.